The molecule has 0 amide bonds. The average Bonchev–Trinajstić information content (AvgIpc) is 2.24. The topological polar surface area (TPSA) is 38.7 Å². The van der Waals surface area contributed by atoms with E-state index in [1.54, 1.807) is 13.2 Å². The van der Waals surface area contributed by atoms with Crippen LogP contribution < -0.4 is 4.74 Å². The minimum absolute atomic E-state index is 0.377. The number of isocyanates is 1. The maximum absolute atomic E-state index is 10.6. The lowest BCUT2D eigenvalue weighted by Gasteiger charge is -2.38. The summed E-state index contributed by atoms with van der Waals surface area (Å²) in [7, 11) is 1.65. The molecule has 0 unspecified atom stereocenters. The minimum Gasteiger partial charge on any atom is -0.496 e. The second-order valence-corrected chi connectivity index (χ2v) is 4.24. The summed E-state index contributed by atoms with van der Waals surface area (Å²) in [5, 5.41) is 0. The third-order valence-corrected chi connectivity index (χ3v) is 3.36. The highest BCUT2D eigenvalue weighted by molar-refractivity contribution is 5.49. The molecule has 0 radical (unpaired) electrons. The van der Waals surface area contributed by atoms with Crippen molar-refractivity contribution in [3.05, 3.63) is 29.3 Å². The van der Waals surface area contributed by atoms with Crippen LogP contribution in [0.25, 0.3) is 0 Å². The third-order valence-electron chi connectivity index (χ3n) is 3.36. The van der Waals surface area contributed by atoms with Gasteiger partial charge in [-0.3, -0.25) is 0 Å². The van der Waals surface area contributed by atoms with Crippen LogP contribution in [0, 0.1) is 6.92 Å². The van der Waals surface area contributed by atoms with E-state index >= 15 is 0 Å². The van der Waals surface area contributed by atoms with E-state index in [9.17, 15) is 4.79 Å². The molecule has 0 heterocycles. The van der Waals surface area contributed by atoms with Crippen LogP contribution in [0.15, 0.2) is 23.2 Å². The number of hydrogen-bond donors (Lipinski definition) is 0. The number of ether oxygens (including phenoxy) is 1. The third kappa shape index (κ3) is 1.54. The van der Waals surface area contributed by atoms with Crippen LogP contribution in [-0.4, -0.2) is 13.2 Å². The molecule has 0 aromatic heterocycles. The predicted molar refractivity (Wildman–Crippen MR) is 61.4 cm³/mol. The maximum atomic E-state index is 10.6. The first-order chi connectivity index (χ1) is 7.73. The number of rotatable bonds is 3. The number of benzene rings is 1. The second kappa shape index (κ2) is 4.11. The molecule has 1 aromatic rings. The van der Waals surface area contributed by atoms with E-state index in [-0.39, 0.29) is 5.54 Å². The van der Waals surface area contributed by atoms with E-state index < -0.39 is 0 Å². The first-order valence-electron chi connectivity index (χ1n) is 5.46. The van der Waals surface area contributed by atoms with Gasteiger partial charge in [0, 0.05) is 5.56 Å². The molecule has 1 aromatic carbocycles. The zero-order valence-electron chi connectivity index (χ0n) is 9.62. The van der Waals surface area contributed by atoms with Crippen LogP contribution in [0.2, 0.25) is 0 Å². The Kier molecular flexibility index (Phi) is 2.80. The van der Waals surface area contributed by atoms with E-state index in [1.165, 1.54) is 0 Å². The summed E-state index contributed by atoms with van der Waals surface area (Å²) >= 11 is 0. The molecule has 0 bridgehead atoms. The molecule has 0 saturated heterocycles. The molecule has 1 aliphatic carbocycles. The Morgan fingerprint density at radius 2 is 2.19 bits per heavy atom. The van der Waals surface area contributed by atoms with E-state index in [0.717, 1.165) is 36.1 Å². The molecule has 0 aliphatic heterocycles. The fourth-order valence-corrected chi connectivity index (χ4v) is 2.42. The fraction of sp³-hybridized carbons (Fsp3) is 0.462. The molecule has 1 fully saturated rings. The Hall–Kier alpha value is -1.60. The van der Waals surface area contributed by atoms with Gasteiger partial charge < -0.3 is 4.74 Å². The zero-order valence-corrected chi connectivity index (χ0v) is 9.62. The molecule has 84 valence electrons. The van der Waals surface area contributed by atoms with Crippen molar-refractivity contribution < 1.29 is 9.53 Å². The van der Waals surface area contributed by atoms with Gasteiger partial charge in [0.05, 0.1) is 7.11 Å². The highest BCUT2D eigenvalue weighted by Gasteiger charge is 2.41. The minimum atomic E-state index is -0.377. The van der Waals surface area contributed by atoms with Crippen LogP contribution in [0.5, 0.6) is 5.75 Å². The Labute approximate surface area is 95.2 Å². The molecule has 16 heavy (non-hydrogen) atoms. The van der Waals surface area contributed by atoms with Crippen molar-refractivity contribution in [2.75, 3.05) is 7.11 Å². The van der Waals surface area contributed by atoms with E-state index in [4.69, 9.17) is 4.74 Å². The van der Waals surface area contributed by atoms with Gasteiger partial charge in [0.25, 0.3) is 0 Å². The van der Waals surface area contributed by atoms with Crippen LogP contribution in [-0.2, 0) is 10.3 Å². The Morgan fingerprint density at radius 3 is 2.69 bits per heavy atom. The SMILES string of the molecule is COc1cccc(C)c1C1(N=C=O)CCC1. The molecule has 0 N–H and O–H groups in total. The summed E-state index contributed by atoms with van der Waals surface area (Å²) < 4.78 is 5.36. The van der Waals surface area contributed by atoms with Gasteiger partial charge in [-0.15, -0.1) is 0 Å². The molecule has 3 heteroatoms. The van der Waals surface area contributed by atoms with Crippen LogP contribution in [0.4, 0.5) is 0 Å². The van der Waals surface area contributed by atoms with Crippen molar-refractivity contribution in [1.82, 2.24) is 0 Å². The van der Waals surface area contributed by atoms with Gasteiger partial charge in [-0.1, -0.05) is 12.1 Å². The van der Waals surface area contributed by atoms with E-state index in [1.807, 2.05) is 25.1 Å². The van der Waals surface area contributed by atoms with Crippen molar-refractivity contribution in [3.63, 3.8) is 0 Å². The molecule has 0 atom stereocenters. The van der Waals surface area contributed by atoms with Crippen molar-refractivity contribution in [3.8, 4) is 5.75 Å². The average molecular weight is 217 g/mol. The largest absolute Gasteiger partial charge is 0.496 e. The van der Waals surface area contributed by atoms with Crippen LogP contribution in [0.1, 0.15) is 30.4 Å². The number of carbonyl (C=O) groups excluding carboxylic acids is 1. The summed E-state index contributed by atoms with van der Waals surface area (Å²) in [6.07, 6.45) is 4.62. The summed E-state index contributed by atoms with van der Waals surface area (Å²) in [5.74, 6) is 0.818. The lowest BCUT2D eigenvalue weighted by atomic mass is 9.70. The van der Waals surface area contributed by atoms with Gasteiger partial charge in [-0.25, -0.2) is 4.79 Å². The molecule has 3 nitrogen and oxygen atoms in total. The molecule has 0 spiro atoms. The van der Waals surface area contributed by atoms with Crippen molar-refractivity contribution in [2.45, 2.75) is 31.7 Å². The standard InChI is InChI=1S/C13H15NO2/c1-10-5-3-6-11(16-2)12(10)13(14-9-15)7-4-8-13/h3,5-6H,4,7-8H2,1-2H3. The van der Waals surface area contributed by atoms with E-state index in [2.05, 4.69) is 4.99 Å². The van der Waals surface area contributed by atoms with Gasteiger partial charge in [0.1, 0.15) is 11.3 Å². The van der Waals surface area contributed by atoms with Gasteiger partial charge in [-0.2, -0.15) is 4.99 Å². The van der Waals surface area contributed by atoms with Gasteiger partial charge in [0.2, 0.25) is 6.08 Å². The number of aliphatic imine (C=N–C) groups is 1. The summed E-state index contributed by atoms with van der Waals surface area (Å²) in [4.78, 5) is 14.6. The van der Waals surface area contributed by atoms with Crippen molar-refractivity contribution >= 4 is 6.08 Å². The number of hydrogen-bond acceptors (Lipinski definition) is 3. The number of methoxy groups -OCH3 is 1. The normalized spacial score (nSPS) is 17.1. The monoisotopic (exact) mass is 217 g/mol. The van der Waals surface area contributed by atoms with Gasteiger partial charge >= 0.3 is 0 Å². The second-order valence-electron chi connectivity index (χ2n) is 4.24. The molecule has 1 aliphatic rings. The van der Waals surface area contributed by atoms with Crippen molar-refractivity contribution in [2.24, 2.45) is 4.99 Å². The lowest BCUT2D eigenvalue weighted by molar-refractivity contribution is 0.245. The van der Waals surface area contributed by atoms with Gasteiger partial charge in [0.15, 0.2) is 0 Å². The Morgan fingerprint density at radius 1 is 1.44 bits per heavy atom. The molecule has 1 saturated carbocycles. The smallest absolute Gasteiger partial charge is 0.235 e. The summed E-state index contributed by atoms with van der Waals surface area (Å²) in [6.45, 7) is 2.03. The van der Waals surface area contributed by atoms with Crippen LogP contribution >= 0.6 is 0 Å². The Balaban J connectivity index is 2.57. The maximum Gasteiger partial charge on any atom is 0.235 e. The lowest BCUT2D eigenvalue weighted by Crippen LogP contribution is -2.33. The number of aryl methyl sites for hydroxylation is 1. The fourth-order valence-electron chi connectivity index (χ4n) is 2.42. The molecular formula is C13H15NO2. The molecule has 2 rings (SSSR count). The number of nitrogens with zero attached hydrogens (tertiary/aromatic N) is 1. The molecular weight excluding hydrogens is 202 g/mol. The predicted octanol–water partition coefficient (Wildman–Crippen LogP) is 2.72. The summed E-state index contributed by atoms with van der Waals surface area (Å²) in [6, 6.07) is 5.90. The summed E-state index contributed by atoms with van der Waals surface area (Å²) in [5.41, 5.74) is 1.79. The first-order valence-corrected chi connectivity index (χ1v) is 5.46. The zero-order chi connectivity index (χ0) is 11.6. The van der Waals surface area contributed by atoms with Crippen LogP contribution in [0.3, 0.4) is 0 Å². The first kappa shape index (κ1) is 10.9. The van der Waals surface area contributed by atoms with E-state index in [0.29, 0.717) is 0 Å². The highest BCUT2D eigenvalue weighted by atomic mass is 16.5. The Bertz CT molecular complexity index is 443. The quantitative estimate of drug-likeness (QED) is 0.576. The highest BCUT2D eigenvalue weighted by Crippen LogP contribution is 2.49. The van der Waals surface area contributed by atoms with Gasteiger partial charge in [-0.05, 0) is 37.8 Å². The van der Waals surface area contributed by atoms with Crippen molar-refractivity contribution in [1.29, 1.82) is 0 Å².